The molecule has 0 saturated carbocycles. The highest BCUT2D eigenvalue weighted by Gasteiger charge is 2.23. The largest absolute Gasteiger partial charge is 0.353 e. The third-order valence-electron chi connectivity index (χ3n) is 4.26. The van der Waals surface area contributed by atoms with E-state index in [1.54, 1.807) is 6.92 Å². The summed E-state index contributed by atoms with van der Waals surface area (Å²) in [6.45, 7) is 8.22. The Kier molecular flexibility index (Phi) is 5.87. The molecular weight excluding hydrogens is 269 g/mol. The van der Waals surface area contributed by atoms with Crippen LogP contribution in [0.5, 0.6) is 0 Å². The maximum absolute atomic E-state index is 14.2. The van der Waals surface area contributed by atoms with Gasteiger partial charge in [0.05, 0.1) is 5.69 Å². The molecule has 118 valence electrons. The Bertz CT molecular complexity index is 454. The lowest BCUT2D eigenvalue weighted by Crippen LogP contribution is -2.39. The molecule has 1 aromatic rings. The van der Waals surface area contributed by atoms with E-state index in [0.29, 0.717) is 17.6 Å². The second kappa shape index (κ2) is 7.66. The van der Waals surface area contributed by atoms with Crippen LogP contribution in [0.1, 0.15) is 31.9 Å². The monoisotopic (exact) mass is 295 g/mol. The second-order valence-corrected chi connectivity index (χ2v) is 5.61. The fraction of sp³-hybridized carbons (Fsp3) is 0.733. The highest BCUT2D eigenvalue weighted by atomic mass is 19.1. The van der Waals surface area contributed by atoms with Gasteiger partial charge in [-0.1, -0.05) is 6.92 Å². The first-order valence-corrected chi connectivity index (χ1v) is 7.83. The molecule has 5 nitrogen and oxygen atoms in total. The molecule has 2 heterocycles. The average molecular weight is 295 g/mol. The van der Waals surface area contributed by atoms with Gasteiger partial charge in [0, 0.05) is 32.2 Å². The van der Waals surface area contributed by atoms with Crippen LogP contribution in [0.15, 0.2) is 6.33 Å². The molecule has 1 unspecified atom stereocenters. The fourth-order valence-electron chi connectivity index (χ4n) is 3.02. The quantitative estimate of drug-likeness (QED) is 0.893. The van der Waals surface area contributed by atoms with Crippen molar-refractivity contribution in [3.8, 4) is 0 Å². The van der Waals surface area contributed by atoms with Crippen molar-refractivity contribution < 1.29 is 4.39 Å². The summed E-state index contributed by atoms with van der Waals surface area (Å²) in [5.74, 6) is 0.149. The number of nitrogens with zero attached hydrogens (tertiary/aromatic N) is 4. The summed E-state index contributed by atoms with van der Waals surface area (Å²) >= 11 is 0. The Morgan fingerprint density at radius 1 is 1.29 bits per heavy atom. The second-order valence-electron chi connectivity index (χ2n) is 5.61. The molecule has 1 aromatic heterocycles. The topological polar surface area (TPSA) is 58.3 Å². The summed E-state index contributed by atoms with van der Waals surface area (Å²) < 4.78 is 14.2. The molecule has 0 spiro atoms. The van der Waals surface area contributed by atoms with Crippen LogP contribution in [-0.2, 0) is 0 Å². The molecule has 0 radical (unpaired) electrons. The smallest absolute Gasteiger partial charge is 0.186 e. The number of hydrogen-bond acceptors (Lipinski definition) is 5. The lowest BCUT2D eigenvalue weighted by Gasteiger charge is -2.29. The van der Waals surface area contributed by atoms with Crippen LogP contribution >= 0.6 is 0 Å². The van der Waals surface area contributed by atoms with Gasteiger partial charge in [-0.25, -0.2) is 14.4 Å². The van der Waals surface area contributed by atoms with Crippen molar-refractivity contribution in [2.45, 2.75) is 39.2 Å². The van der Waals surface area contributed by atoms with E-state index in [9.17, 15) is 4.39 Å². The van der Waals surface area contributed by atoms with Crippen LogP contribution in [0.4, 0.5) is 10.2 Å². The summed E-state index contributed by atoms with van der Waals surface area (Å²) in [7, 11) is 0. The minimum Gasteiger partial charge on any atom is -0.353 e. The minimum absolute atomic E-state index is 0.292. The van der Waals surface area contributed by atoms with Crippen LogP contribution in [0, 0.1) is 12.7 Å². The van der Waals surface area contributed by atoms with Gasteiger partial charge in [0.2, 0.25) is 0 Å². The maximum atomic E-state index is 14.2. The highest BCUT2D eigenvalue weighted by molar-refractivity contribution is 5.40. The first kappa shape index (κ1) is 16.1. The van der Waals surface area contributed by atoms with Crippen LogP contribution in [0.2, 0.25) is 0 Å². The molecular formula is C15H26FN5. The predicted molar refractivity (Wildman–Crippen MR) is 82.9 cm³/mol. The van der Waals surface area contributed by atoms with Gasteiger partial charge < -0.3 is 10.6 Å². The maximum Gasteiger partial charge on any atom is 0.186 e. The third-order valence-corrected chi connectivity index (χ3v) is 4.26. The highest BCUT2D eigenvalue weighted by Crippen LogP contribution is 2.20. The van der Waals surface area contributed by atoms with E-state index >= 15 is 0 Å². The van der Waals surface area contributed by atoms with Crippen molar-refractivity contribution in [1.29, 1.82) is 0 Å². The summed E-state index contributed by atoms with van der Waals surface area (Å²) in [5.41, 5.74) is 6.11. The third kappa shape index (κ3) is 3.89. The van der Waals surface area contributed by atoms with E-state index in [1.807, 2.05) is 4.90 Å². The van der Waals surface area contributed by atoms with Crippen LogP contribution in [0.3, 0.4) is 0 Å². The van der Waals surface area contributed by atoms with E-state index in [1.165, 1.54) is 6.33 Å². The Morgan fingerprint density at radius 2 is 2.10 bits per heavy atom. The minimum atomic E-state index is -0.292. The van der Waals surface area contributed by atoms with Crippen molar-refractivity contribution in [3.05, 3.63) is 17.8 Å². The Morgan fingerprint density at radius 3 is 2.81 bits per heavy atom. The van der Waals surface area contributed by atoms with Gasteiger partial charge in [0.25, 0.3) is 0 Å². The zero-order valence-electron chi connectivity index (χ0n) is 13.1. The van der Waals surface area contributed by atoms with Gasteiger partial charge >= 0.3 is 0 Å². The van der Waals surface area contributed by atoms with Crippen molar-refractivity contribution in [3.63, 3.8) is 0 Å². The molecule has 0 bridgehead atoms. The number of aryl methyl sites for hydroxylation is 1. The lowest BCUT2D eigenvalue weighted by molar-refractivity contribution is 0.196. The van der Waals surface area contributed by atoms with E-state index in [-0.39, 0.29) is 5.82 Å². The molecule has 1 atom stereocenters. The zero-order chi connectivity index (χ0) is 15.2. The van der Waals surface area contributed by atoms with Crippen LogP contribution in [0.25, 0.3) is 0 Å². The van der Waals surface area contributed by atoms with E-state index in [0.717, 1.165) is 52.0 Å². The molecule has 1 fully saturated rings. The summed E-state index contributed by atoms with van der Waals surface area (Å²) in [6, 6.07) is 0.534. The molecule has 0 aromatic carbocycles. The standard InChI is InChI=1S/C15H26FN5/c1-3-13(5-6-17)20-7-4-8-21(10-9-20)15-14(16)12(2)18-11-19-15/h11,13H,3-10,17H2,1-2H3. The van der Waals surface area contributed by atoms with Crippen molar-refractivity contribution in [1.82, 2.24) is 14.9 Å². The Labute approximate surface area is 126 Å². The number of halogens is 1. The molecule has 2 N–H and O–H groups in total. The van der Waals surface area contributed by atoms with Gasteiger partial charge in [0.15, 0.2) is 11.6 Å². The molecule has 1 saturated heterocycles. The van der Waals surface area contributed by atoms with Crippen LogP contribution < -0.4 is 10.6 Å². The normalized spacial score (nSPS) is 18.6. The number of hydrogen-bond donors (Lipinski definition) is 1. The molecule has 0 aliphatic carbocycles. The molecule has 21 heavy (non-hydrogen) atoms. The zero-order valence-corrected chi connectivity index (χ0v) is 13.1. The lowest BCUT2D eigenvalue weighted by atomic mass is 10.1. The van der Waals surface area contributed by atoms with Gasteiger partial charge in [-0.05, 0) is 32.7 Å². The van der Waals surface area contributed by atoms with Gasteiger partial charge in [-0.2, -0.15) is 0 Å². The molecule has 2 rings (SSSR count). The number of aromatic nitrogens is 2. The SMILES string of the molecule is CCC(CCN)N1CCCN(c2ncnc(C)c2F)CC1. The van der Waals surface area contributed by atoms with Gasteiger partial charge in [-0.3, -0.25) is 4.90 Å². The molecule has 1 aliphatic heterocycles. The van der Waals surface area contributed by atoms with E-state index in [2.05, 4.69) is 21.8 Å². The Hall–Kier alpha value is -1.27. The molecule has 1 aliphatic rings. The Balaban J connectivity index is 2.05. The van der Waals surface area contributed by atoms with Gasteiger partial charge in [0.1, 0.15) is 6.33 Å². The van der Waals surface area contributed by atoms with E-state index in [4.69, 9.17) is 5.73 Å². The van der Waals surface area contributed by atoms with Crippen LogP contribution in [-0.4, -0.2) is 53.6 Å². The first-order valence-electron chi connectivity index (χ1n) is 7.83. The van der Waals surface area contributed by atoms with Crippen molar-refractivity contribution in [2.75, 3.05) is 37.6 Å². The number of anilines is 1. The number of nitrogens with two attached hydrogens (primary N) is 1. The van der Waals surface area contributed by atoms with E-state index < -0.39 is 0 Å². The fourth-order valence-corrected chi connectivity index (χ4v) is 3.02. The summed E-state index contributed by atoms with van der Waals surface area (Å²) in [5, 5.41) is 0. The van der Waals surface area contributed by atoms with Gasteiger partial charge in [-0.15, -0.1) is 0 Å². The first-order chi connectivity index (χ1) is 10.2. The summed E-state index contributed by atoms with van der Waals surface area (Å²) in [6.07, 6.45) is 4.60. The molecule has 6 heteroatoms. The van der Waals surface area contributed by atoms with Crippen molar-refractivity contribution >= 4 is 5.82 Å². The average Bonchev–Trinajstić information content (AvgIpc) is 2.73. The number of rotatable bonds is 5. The predicted octanol–water partition coefficient (Wildman–Crippen LogP) is 1.56. The molecule has 0 amide bonds. The summed E-state index contributed by atoms with van der Waals surface area (Å²) in [4.78, 5) is 12.6. The van der Waals surface area contributed by atoms with Crippen molar-refractivity contribution in [2.24, 2.45) is 5.73 Å².